The van der Waals surface area contributed by atoms with Gasteiger partial charge in [-0.25, -0.2) is 4.79 Å². The summed E-state index contributed by atoms with van der Waals surface area (Å²) in [4.78, 5) is 26.3. The van der Waals surface area contributed by atoms with Crippen LogP contribution in [0.4, 0.5) is 5.82 Å². The standard InChI is InChI=1S/C14H20N4O3/c1-9-6-7-18(11(8-9)14(20)21)12-5-4-10(15-16-12)13(19)17(2)3/h4-5,9,11H,6-8H2,1-3H3,(H,20,21). The highest BCUT2D eigenvalue weighted by Gasteiger charge is 2.32. The first-order valence-corrected chi connectivity index (χ1v) is 6.95. The molecule has 1 aromatic rings. The lowest BCUT2D eigenvalue weighted by Gasteiger charge is -2.36. The monoisotopic (exact) mass is 292 g/mol. The molecule has 0 radical (unpaired) electrons. The number of hydrogen-bond donors (Lipinski definition) is 1. The smallest absolute Gasteiger partial charge is 0.326 e. The first kappa shape index (κ1) is 15.2. The molecule has 114 valence electrons. The minimum Gasteiger partial charge on any atom is -0.480 e. The van der Waals surface area contributed by atoms with E-state index in [0.717, 1.165) is 6.42 Å². The van der Waals surface area contributed by atoms with Gasteiger partial charge in [0.1, 0.15) is 6.04 Å². The number of carboxylic acid groups (broad SMARTS) is 1. The van der Waals surface area contributed by atoms with Gasteiger partial charge in [0, 0.05) is 20.6 Å². The topological polar surface area (TPSA) is 86.6 Å². The SMILES string of the molecule is CC1CCN(c2ccc(C(=O)N(C)C)nn2)C(C(=O)O)C1. The zero-order chi connectivity index (χ0) is 15.6. The van der Waals surface area contributed by atoms with Crippen molar-refractivity contribution in [1.82, 2.24) is 15.1 Å². The lowest BCUT2D eigenvalue weighted by Crippen LogP contribution is -2.47. The molecule has 1 amide bonds. The third-order valence-corrected chi connectivity index (χ3v) is 3.72. The number of carbonyl (C=O) groups excluding carboxylic acids is 1. The predicted molar refractivity (Wildman–Crippen MR) is 77.2 cm³/mol. The van der Waals surface area contributed by atoms with Crippen molar-refractivity contribution in [1.29, 1.82) is 0 Å². The molecule has 2 heterocycles. The number of aromatic nitrogens is 2. The first-order valence-electron chi connectivity index (χ1n) is 6.95. The fourth-order valence-electron chi connectivity index (χ4n) is 2.47. The summed E-state index contributed by atoms with van der Waals surface area (Å²) >= 11 is 0. The van der Waals surface area contributed by atoms with Crippen molar-refractivity contribution in [3.05, 3.63) is 17.8 Å². The third-order valence-electron chi connectivity index (χ3n) is 3.72. The van der Waals surface area contributed by atoms with Crippen LogP contribution in [-0.2, 0) is 4.79 Å². The van der Waals surface area contributed by atoms with Crippen molar-refractivity contribution in [2.24, 2.45) is 5.92 Å². The van der Waals surface area contributed by atoms with Gasteiger partial charge < -0.3 is 14.9 Å². The molecule has 2 rings (SSSR count). The van der Waals surface area contributed by atoms with Gasteiger partial charge in [-0.05, 0) is 30.9 Å². The Morgan fingerprint density at radius 3 is 2.57 bits per heavy atom. The van der Waals surface area contributed by atoms with Crippen LogP contribution in [0.3, 0.4) is 0 Å². The highest BCUT2D eigenvalue weighted by molar-refractivity contribution is 5.91. The molecule has 0 aliphatic carbocycles. The number of nitrogens with zero attached hydrogens (tertiary/aromatic N) is 4. The van der Waals surface area contributed by atoms with E-state index in [2.05, 4.69) is 17.1 Å². The summed E-state index contributed by atoms with van der Waals surface area (Å²) < 4.78 is 0. The molecule has 1 N–H and O–H groups in total. The fourth-order valence-corrected chi connectivity index (χ4v) is 2.47. The molecule has 1 aliphatic heterocycles. The summed E-state index contributed by atoms with van der Waals surface area (Å²) in [5.41, 5.74) is 0.251. The molecular weight excluding hydrogens is 272 g/mol. The van der Waals surface area contributed by atoms with E-state index in [0.29, 0.717) is 24.7 Å². The second-order valence-corrected chi connectivity index (χ2v) is 5.65. The van der Waals surface area contributed by atoms with Gasteiger partial charge >= 0.3 is 5.97 Å². The Morgan fingerprint density at radius 2 is 2.05 bits per heavy atom. The maximum absolute atomic E-state index is 11.8. The summed E-state index contributed by atoms with van der Waals surface area (Å²) in [6.45, 7) is 2.69. The second-order valence-electron chi connectivity index (χ2n) is 5.65. The van der Waals surface area contributed by atoms with Crippen LogP contribution in [0, 0.1) is 5.92 Å². The van der Waals surface area contributed by atoms with Crippen molar-refractivity contribution in [3.63, 3.8) is 0 Å². The molecule has 21 heavy (non-hydrogen) atoms. The minimum absolute atomic E-state index is 0.226. The van der Waals surface area contributed by atoms with Gasteiger partial charge in [-0.2, -0.15) is 0 Å². The minimum atomic E-state index is -0.850. The molecule has 0 bridgehead atoms. The summed E-state index contributed by atoms with van der Waals surface area (Å²) in [5, 5.41) is 17.3. The molecule has 0 spiro atoms. The van der Waals surface area contributed by atoms with Gasteiger partial charge in [0.15, 0.2) is 11.5 Å². The Morgan fingerprint density at radius 1 is 1.33 bits per heavy atom. The van der Waals surface area contributed by atoms with E-state index in [1.807, 2.05) is 0 Å². The third kappa shape index (κ3) is 3.29. The number of piperidine rings is 1. The number of carbonyl (C=O) groups is 2. The van der Waals surface area contributed by atoms with Crippen LogP contribution in [0.25, 0.3) is 0 Å². The predicted octanol–water partition coefficient (Wildman–Crippen LogP) is 0.868. The van der Waals surface area contributed by atoms with Crippen molar-refractivity contribution in [2.75, 3.05) is 25.5 Å². The molecule has 7 nitrogen and oxygen atoms in total. The summed E-state index contributed by atoms with van der Waals surface area (Å²) in [5.74, 6) is -0.192. The van der Waals surface area contributed by atoms with Crippen LogP contribution in [-0.4, -0.2) is 58.8 Å². The zero-order valence-corrected chi connectivity index (χ0v) is 12.5. The van der Waals surface area contributed by atoms with Crippen LogP contribution in [0.2, 0.25) is 0 Å². The van der Waals surface area contributed by atoms with Gasteiger partial charge in [0.2, 0.25) is 0 Å². The Kier molecular flexibility index (Phi) is 4.40. The molecule has 2 unspecified atom stereocenters. The van der Waals surface area contributed by atoms with Gasteiger partial charge in [-0.3, -0.25) is 4.79 Å². The molecule has 2 atom stereocenters. The lowest BCUT2D eigenvalue weighted by atomic mass is 9.92. The van der Waals surface area contributed by atoms with E-state index < -0.39 is 12.0 Å². The van der Waals surface area contributed by atoms with Gasteiger partial charge in [-0.1, -0.05) is 6.92 Å². The quantitative estimate of drug-likeness (QED) is 0.889. The van der Waals surface area contributed by atoms with E-state index in [-0.39, 0.29) is 11.6 Å². The molecule has 1 saturated heterocycles. The van der Waals surface area contributed by atoms with Crippen molar-refractivity contribution >= 4 is 17.7 Å². The molecule has 1 aromatic heterocycles. The van der Waals surface area contributed by atoms with Crippen molar-refractivity contribution in [2.45, 2.75) is 25.8 Å². The van der Waals surface area contributed by atoms with E-state index in [1.165, 1.54) is 4.90 Å². The average molecular weight is 292 g/mol. The molecule has 0 aromatic carbocycles. The maximum atomic E-state index is 11.8. The van der Waals surface area contributed by atoms with E-state index in [9.17, 15) is 14.7 Å². The average Bonchev–Trinajstić information content (AvgIpc) is 2.46. The maximum Gasteiger partial charge on any atom is 0.326 e. The zero-order valence-electron chi connectivity index (χ0n) is 12.5. The molecular formula is C14H20N4O3. The lowest BCUT2D eigenvalue weighted by molar-refractivity contribution is -0.139. The number of amides is 1. The van der Waals surface area contributed by atoms with Gasteiger partial charge in [0.25, 0.3) is 5.91 Å². The van der Waals surface area contributed by atoms with Crippen LogP contribution in [0.5, 0.6) is 0 Å². The summed E-state index contributed by atoms with van der Waals surface area (Å²) in [7, 11) is 3.29. The first-order chi connectivity index (χ1) is 9.90. The molecule has 1 aliphatic rings. The summed E-state index contributed by atoms with van der Waals surface area (Å²) in [6.07, 6.45) is 1.51. The Bertz CT molecular complexity index is 530. The number of aliphatic carboxylic acids is 1. The molecule has 1 fully saturated rings. The van der Waals surface area contributed by atoms with Crippen LogP contribution in [0.1, 0.15) is 30.3 Å². The van der Waals surface area contributed by atoms with Crippen LogP contribution in [0.15, 0.2) is 12.1 Å². The fraction of sp³-hybridized carbons (Fsp3) is 0.571. The number of rotatable bonds is 3. The highest BCUT2D eigenvalue weighted by atomic mass is 16.4. The van der Waals surface area contributed by atoms with Crippen molar-refractivity contribution in [3.8, 4) is 0 Å². The van der Waals surface area contributed by atoms with Crippen LogP contribution >= 0.6 is 0 Å². The Labute approximate surface area is 123 Å². The second kappa shape index (κ2) is 6.07. The Hall–Kier alpha value is -2.18. The van der Waals surface area contributed by atoms with E-state index in [1.54, 1.807) is 31.1 Å². The van der Waals surface area contributed by atoms with E-state index >= 15 is 0 Å². The van der Waals surface area contributed by atoms with Gasteiger partial charge in [-0.15, -0.1) is 10.2 Å². The number of anilines is 1. The Balaban J connectivity index is 2.21. The molecule has 0 saturated carbocycles. The highest BCUT2D eigenvalue weighted by Crippen LogP contribution is 2.26. The largest absolute Gasteiger partial charge is 0.480 e. The summed E-state index contributed by atoms with van der Waals surface area (Å²) in [6, 6.07) is 2.66. The number of carboxylic acids is 1. The van der Waals surface area contributed by atoms with Crippen molar-refractivity contribution < 1.29 is 14.7 Å². The number of hydrogen-bond acceptors (Lipinski definition) is 5. The van der Waals surface area contributed by atoms with E-state index in [4.69, 9.17) is 0 Å². The normalized spacial score (nSPS) is 22.0. The van der Waals surface area contributed by atoms with Gasteiger partial charge in [0.05, 0.1) is 0 Å². The van der Waals surface area contributed by atoms with Crippen LogP contribution < -0.4 is 4.90 Å². The molecule has 7 heteroatoms.